The zero-order chi connectivity index (χ0) is 13.3. The van der Waals surface area contributed by atoms with Crippen LogP contribution in [0.2, 0.25) is 0 Å². The lowest BCUT2D eigenvalue weighted by Crippen LogP contribution is -2.36. The summed E-state index contributed by atoms with van der Waals surface area (Å²) >= 11 is 3.61. The third-order valence-electron chi connectivity index (χ3n) is 4.24. The third-order valence-corrected chi connectivity index (χ3v) is 5.02. The average molecular weight is 316 g/mol. The molecule has 0 spiro atoms. The van der Waals surface area contributed by atoms with Gasteiger partial charge in [-0.05, 0) is 36.5 Å². The molecule has 1 saturated carbocycles. The monoisotopic (exact) mass is 315 g/mol. The van der Waals surface area contributed by atoms with Crippen LogP contribution < -0.4 is 5.73 Å². The summed E-state index contributed by atoms with van der Waals surface area (Å²) in [5.74, 6) is 0. The number of hydrogen-bond acceptors (Lipinski definition) is 1. The van der Waals surface area contributed by atoms with Gasteiger partial charge in [-0.15, -0.1) is 0 Å². The van der Waals surface area contributed by atoms with Crippen molar-refractivity contribution in [1.29, 1.82) is 0 Å². The molecule has 19 heavy (non-hydrogen) atoms. The fourth-order valence-corrected chi connectivity index (χ4v) is 3.32. The van der Waals surface area contributed by atoms with Crippen LogP contribution in [0.5, 0.6) is 0 Å². The highest BCUT2D eigenvalue weighted by Gasteiger charge is 2.48. The Hall–Kier alpha value is -1.12. The fourth-order valence-electron chi connectivity index (χ4n) is 2.87. The molecule has 0 radical (unpaired) electrons. The van der Waals surface area contributed by atoms with Crippen LogP contribution in [0.3, 0.4) is 0 Å². The minimum Gasteiger partial charge on any atom is -0.327 e. The molecule has 2 aromatic carbocycles. The van der Waals surface area contributed by atoms with E-state index in [0.717, 1.165) is 10.9 Å². The molecule has 1 nitrogen and oxygen atoms in total. The van der Waals surface area contributed by atoms with E-state index in [0.29, 0.717) is 0 Å². The quantitative estimate of drug-likeness (QED) is 0.905. The van der Waals surface area contributed by atoms with E-state index < -0.39 is 0 Å². The van der Waals surface area contributed by atoms with Gasteiger partial charge in [0.25, 0.3) is 0 Å². The van der Waals surface area contributed by atoms with Crippen molar-refractivity contribution in [2.75, 3.05) is 0 Å². The van der Waals surface area contributed by atoms with Gasteiger partial charge < -0.3 is 5.73 Å². The molecular weight excluding hydrogens is 298 g/mol. The molecule has 1 aliphatic carbocycles. The summed E-state index contributed by atoms with van der Waals surface area (Å²) < 4.78 is 1.16. The van der Waals surface area contributed by atoms with Crippen LogP contribution in [0.1, 0.15) is 24.0 Å². The predicted octanol–water partition coefficient (Wildman–Crippen LogP) is 4.05. The van der Waals surface area contributed by atoms with Crippen molar-refractivity contribution in [2.24, 2.45) is 5.73 Å². The van der Waals surface area contributed by atoms with Crippen molar-refractivity contribution < 1.29 is 0 Å². The summed E-state index contributed by atoms with van der Waals surface area (Å²) in [6.45, 7) is 0. The highest BCUT2D eigenvalue weighted by atomic mass is 79.9. The smallest absolute Gasteiger partial charge is 0.0207 e. The fraction of sp³-hybridized carbons (Fsp3) is 0.294. The van der Waals surface area contributed by atoms with E-state index in [4.69, 9.17) is 5.73 Å². The molecule has 2 aromatic rings. The van der Waals surface area contributed by atoms with Crippen LogP contribution in [0.15, 0.2) is 59.1 Å². The van der Waals surface area contributed by atoms with Gasteiger partial charge in [0.1, 0.15) is 0 Å². The molecule has 2 heteroatoms. The zero-order valence-electron chi connectivity index (χ0n) is 10.9. The summed E-state index contributed by atoms with van der Waals surface area (Å²) in [4.78, 5) is 0. The van der Waals surface area contributed by atoms with Crippen molar-refractivity contribution in [3.8, 4) is 0 Å². The van der Waals surface area contributed by atoms with Crippen LogP contribution in [-0.4, -0.2) is 6.04 Å². The van der Waals surface area contributed by atoms with E-state index in [2.05, 4.69) is 64.5 Å². The van der Waals surface area contributed by atoms with Gasteiger partial charge in [0, 0.05) is 15.9 Å². The van der Waals surface area contributed by atoms with Gasteiger partial charge in [-0.25, -0.2) is 0 Å². The molecule has 1 unspecified atom stereocenters. The topological polar surface area (TPSA) is 26.0 Å². The second-order valence-corrected chi connectivity index (χ2v) is 6.28. The van der Waals surface area contributed by atoms with Crippen molar-refractivity contribution in [3.05, 3.63) is 70.2 Å². The van der Waals surface area contributed by atoms with Gasteiger partial charge in [0.05, 0.1) is 0 Å². The Kier molecular flexibility index (Phi) is 3.46. The normalized spacial score (nSPS) is 18.0. The van der Waals surface area contributed by atoms with E-state index in [-0.39, 0.29) is 11.5 Å². The van der Waals surface area contributed by atoms with Crippen LogP contribution >= 0.6 is 15.9 Å². The van der Waals surface area contributed by atoms with Gasteiger partial charge in [-0.1, -0.05) is 64.5 Å². The molecular formula is C17H18BrN. The molecule has 0 amide bonds. The standard InChI is InChI=1S/C17H18BrN/c18-15-9-5-4-6-13(15)12-16(19)17(10-11-17)14-7-2-1-3-8-14/h1-9,16H,10-12,19H2. The number of benzene rings is 2. The Balaban J connectivity index is 1.82. The first-order chi connectivity index (χ1) is 9.22. The van der Waals surface area contributed by atoms with E-state index in [1.54, 1.807) is 0 Å². The maximum absolute atomic E-state index is 6.53. The number of nitrogens with two attached hydrogens (primary N) is 1. The first-order valence-corrected chi connectivity index (χ1v) is 7.56. The molecule has 0 bridgehead atoms. The lowest BCUT2D eigenvalue weighted by molar-refractivity contribution is 0.513. The largest absolute Gasteiger partial charge is 0.327 e. The molecule has 2 N–H and O–H groups in total. The summed E-state index contributed by atoms with van der Waals surface area (Å²) in [5, 5.41) is 0. The molecule has 98 valence electrons. The second kappa shape index (κ2) is 5.10. The zero-order valence-corrected chi connectivity index (χ0v) is 12.4. The first kappa shape index (κ1) is 12.9. The average Bonchev–Trinajstić information content (AvgIpc) is 3.24. The lowest BCUT2D eigenvalue weighted by Gasteiger charge is -2.24. The molecule has 1 atom stereocenters. The minimum absolute atomic E-state index is 0.189. The van der Waals surface area contributed by atoms with Crippen molar-refractivity contribution >= 4 is 15.9 Å². The Morgan fingerprint density at radius 3 is 2.26 bits per heavy atom. The SMILES string of the molecule is NC(Cc1ccccc1Br)C1(c2ccccc2)CC1. The maximum Gasteiger partial charge on any atom is 0.0207 e. The van der Waals surface area contributed by atoms with E-state index in [9.17, 15) is 0 Å². The summed E-state index contributed by atoms with van der Waals surface area (Å²) in [7, 11) is 0. The molecule has 0 heterocycles. The predicted molar refractivity (Wildman–Crippen MR) is 83.2 cm³/mol. The van der Waals surface area contributed by atoms with E-state index >= 15 is 0 Å². The van der Waals surface area contributed by atoms with E-state index in [1.807, 2.05) is 6.07 Å². The van der Waals surface area contributed by atoms with Gasteiger partial charge in [0.2, 0.25) is 0 Å². The highest BCUT2D eigenvalue weighted by molar-refractivity contribution is 9.10. The molecule has 3 rings (SSSR count). The minimum atomic E-state index is 0.189. The van der Waals surface area contributed by atoms with E-state index in [1.165, 1.54) is 24.0 Å². The Morgan fingerprint density at radius 2 is 1.63 bits per heavy atom. The first-order valence-electron chi connectivity index (χ1n) is 6.77. The van der Waals surface area contributed by atoms with Crippen LogP contribution in [-0.2, 0) is 11.8 Å². The van der Waals surface area contributed by atoms with Crippen LogP contribution in [0.4, 0.5) is 0 Å². The molecule has 0 aromatic heterocycles. The lowest BCUT2D eigenvalue weighted by atomic mass is 9.85. The van der Waals surface area contributed by atoms with Crippen molar-refractivity contribution in [3.63, 3.8) is 0 Å². The Bertz CT molecular complexity index is 560. The molecule has 1 aliphatic rings. The van der Waals surface area contributed by atoms with Crippen LogP contribution in [0, 0.1) is 0 Å². The summed E-state index contributed by atoms with van der Waals surface area (Å²) in [5.41, 5.74) is 9.43. The maximum atomic E-state index is 6.53. The van der Waals surface area contributed by atoms with Crippen molar-refractivity contribution in [2.45, 2.75) is 30.7 Å². The third kappa shape index (κ3) is 2.47. The number of hydrogen-bond donors (Lipinski definition) is 1. The second-order valence-electron chi connectivity index (χ2n) is 5.42. The number of halogens is 1. The van der Waals surface area contributed by atoms with Crippen LogP contribution in [0.25, 0.3) is 0 Å². The molecule has 0 saturated heterocycles. The summed E-state index contributed by atoms with van der Waals surface area (Å²) in [6.07, 6.45) is 3.35. The van der Waals surface area contributed by atoms with Gasteiger partial charge in [-0.3, -0.25) is 0 Å². The van der Waals surface area contributed by atoms with Crippen molar-refractivity contribution in [1.82, 2.24) is 0 Å². The number of rotatable bonds is 4. The highest BCUT2D eigenvalue weighted by Crippen LogP contribution is 2.51. The molecule has 1 fully saturated rings. The van der Waals surface area contributed by atoms with Gasteiger partial charge >= 0.3 is 0 Å². The van der Waals surface area contributed by atoms with Gasteiger partial charge in [-0.2, -0.15) is 0 Å². The Labute approximate surface area is 123 Å². The summed E-state index contributed by atoms with van der Waals surface area (Å²) in [6, 6.07) is 19.3. The Morgan fingerprint density at radius 1 is 1.00 bits per heavy atom. The van der Waals surface area contributed by atoms with Gasteiger partial charge in [0.15, 0.2) is 0 Å². The molecule has 0 aliphatic heterocycles.